The van der Waals surface area contributed by atoms with Gasteiger partial charge >= 0.3 is 0 Å². The number of allylic oxidation sites excluding steroid dienone is 1. The van der Waals surface area contributed by atoms with E-state index in [2.05, 4.69) is 151 Å². The summed E-state index contributed by atoms with van der Waals surface area (Å²) in [6.07, 6.45) is 11.7. The van der Waals surface area contributed by atoms with Crippen LogP contribution >= 0.6 is 0 Å². The van der Waals surface area contributed by atoms with Crippen molar-refractivity contribution < 1.29 is 0 Å². The van der Waals surface area contributed by atoms with E-state index in [9.17, 15) is 0 Å². The first-order valence-corrected chi connectivity index (χ1v) is 16.4. The van der Waals surface area contributed by atoms with Gasteiger partial charge in [0.15, 0.2) is 0 Å². The van der Waals surface area contributed by atoms with E-state index >= 15 is 0 Å². The van der Waals surface area contributed by atoms with Crippen LogP contribution in [-0.4, -0.2) is 16.1 Å². The Kier molecular flexibility index (Phi) is 8.16. The van der Waals surface area contributed by atoms with Crippen LogP contribution in [0.5, 0.6) is 0 Å². The van der Waals surface area contributed by atoms with Crippen LogP contribution in [0.4, 0.5) is 5.69 Å². The number of benzene rings is 4. The van der Waals surface area contributed by atoms with E-state index in [-0.39, 0.29) is 0 Å². The molecule has 0 amide bonds. The maximum atomic E-state index is 4.43. The highest BCUT2D eigenvalue weighted by Crippen LogP contribution is 2.39. The standard InChI is InChI=1S/C44H40N4/c1-7-21-47(32(6)8-2)36-13-15-39(30(4)22-36)34-24-33(38-12-10-9-11-29(38)3)25-35(26-34)40-16-14-37(23-31(40)5)48-43-17-19-45-27-41(43)42-28-46-20-18-44(42)48/h7-20,22-27,46H,1-2,6,21,28H2,3-5H3. The van der Waals surface area contributed by atoms with Crippen LogP contribution in [0, 0.1) is 20.8 Å². The number of anilines is 1. The molecule has 6 aromatic rings. The van der Waals surface area contributed by atoms with E-state index in [0.29, 0.717) is 6.54 Å². The van der Waals surface area contributed by atoms with Gasteiger partial charge in [-0.1, -0.05) is 55.6 Å². The quantitative estimate of drug-likeness (QED) is 0.128. The van der Waals surface area contributed by atoms with E-state index in [1.54, 1.807) is 6.08 Å². The summed E-state index contributed by atoms with van der Waals surface area (Å²) in [5.41, 5.74) is 17.6. The van der Waals surface area contributed by atoms with E-state index in [0.717, 1.165) is 23.6 Å². The third-order valence-electron chi connectivity index (χ3n) is 9.45. The zero-order chi connectivity index (χ0) is 33.4. The van der Waals surface area contributed by atoms with Crippen LogP contribution in [-0.2, 0) is 6.54 Å². The summed E-state index contributed by atoms with van der Waals surface area (Å²) < 4.78 is 2.36. The topological polar surface area (TPSA) is 33.1 Å². The fourth-order valence-electron chi connectivity index (χ4n) is 7.02. The van der Waals surface area contributed by atoms with E-state index in [4.69, 9.17) is 0 Å². The Bertz CT molecular complexity index is 2260. The number of pyridine rings is 1. The molecule has 1 aliphatic heterocycles. The van der Waals surface area contributed by atoms with Crippen molar-refractivity contribution in [2.75, 3.05) is 11.4 Å². The monoisotopic (exact) mass is 624 g/mol. The molecule has 48 heavy (non-hydrogen) atoms. The Labute approximate surface area is 283 Å². The lowest BCUT2D eigenvalue weighted by Gasteiger charge is -2.25. The second-order valence-corrected chi connectivity index (χ2v) is 12.5. The van der Waals surface area contributed by atoms with Crippen LogP contribution in [0.1, 0.15) is 27.9 Å². The maximum Gasteiger partial charge on any atom is 0.0569 e. The van der Waals surface area contributed by atoms with Crippen LogP contribution in [0.2, 0.25) is 0 Å². The van der Waals surface area contributed by atoms with Crippen molar-refractivity contribution in [3.8, 4) is 39.1 Å². The van der Waals surface area contributed by atoms with Gasteiger partial charge < -0.3 is 14.8 Å². The highest BCUT2D eigenvalue weighted by atomic mass is 15.1. The predicted molar refractivity (Wildman–Crippen MR) is 204 cm³/mol. The fraction of sp³-hybridized carbons (Fsp3) is 0.114. The molecule has 0 atom stereocenters. The Balaban J connectivity index is 1.36. The summed E-state index contributed by atoms with van der Waals surface area (Å²) in [5.74, 6) is 0. The van der Waals surface area contributed by atoms with Gasteiger partial charge in [-0.3, -0.25) is 4.98 Å². The SMILES string of the molecule is C=CCN(C(=C)C=C)c1ccc(-c2cc(-c3ccccc3C)cc(-c3ccc(-n4c5c(c6cnccc64)CNC=C5)cc3C)c2)c(C)c1. The molecule has 0 unspecified atom stereocenters. The molecule has 4 aromatic carbocycles. The molecule has 0 radical (unpaired) electrons. The zero-order valence-corrected chi connectivity index (χ0v) is 27.9. The number of hydrogen-bond acceptors (Lipinski definition) is 3. The van der Waals surface area contributed by atoms with Crippen LogP contribution < -0.4 is 10.2 Å². The summed E-state index contributed by atoms with van der Waals surface area (Å²) in [7, 11) is 0. The maximum absolute atomic E-state index is 4.43. The van der Waals surface area contributed by atoms with Gasteiger partial charge in [-0.25, -0.2) is 0 Å². The van der Waals surface area contributed by atoms with Gasteiger partial charge in [0.2, 0.25) is 0 Å². The lowest BCUT2D eigenvalue weighted by Crippen LogP contribution is -2.20. The molecule has 3 heterocycles. The third-order valence-corrected chi connectivity index (χ3v) is 9.45. The molecule has 236 valence electrons. The summed E-state index contributed by atoms with van der Waals surface area (Å²) in [6, 6.07) is 31.2. The van der Waals surface area contributed by atoms with Crippen molar-refractivity contribution in [2.24, 2.45) is 0 Å². The second kappa shape index (κ2) is 12.7. The molecule has 0 spiro atoms. The molecule has 2 aromatic heterocycles. The van der Waals surface area contributed by atoms with E-state index in [1.807, 2.05) is 24.7 Å². The molecule has 0 saturated carbocycles. The first-order valence-electron chi connectivity index (χ1n) is 16.4. The van der Waals surface area contributed by atoms with Crippen LogP contribution in [0.3, 0.4) is 0 Å². The number of aryl methyl sites for hydroxylation is 3. The van der Waals surface area contributed by atoms with Gasteiger partial charge in [0.1, 0.15) is 0 Å². The van der Waals surface area contributed by atoms with Crippen molar-refractivity contribution in [3.63, 3.8) is 0 Å². The first-order chi connectivity index (χ1) is 23.4. The number of nitrogens with zero attached hydrogens (tertiary/aromatic N) is 3. The average Bonchev–Trinajstić information content (AvgIpc) is 3.44. The molecule has 0 aliphatic carbocycles. The smallest absolute Gasteiger partial charge is 0.0569 e. The third kappa shape index (κ3) is 5.46. The minimum Gasteiger partial charge on any atom is -0.387 e. The normalized spacial score (nSPS) is 12.0. The van der Waals surface area contributed by atoms with Crippen molar-refractivity contribution >= 4 is 22.7 Å². The summed E-state index contributed by atoms with van der Waals surface area (Å²) in [5, 5.41) is 4.56. The molecule has 0 bridgehead atoms. The molecular formula is C44H40N4. The van der Waals surface area contributed by atoms with Gasteiger partial charge in [-0.2, -0.15) is 0 Å². The van der Waals surface area contributed by atoms with Gasteiger partial charge in [-0.05, 0) is 138 Å². The van der Waals surface area contributed by atoms with Gasteiger partial charge in [0.25, 0.3) is 0 Å². The minimum atomic E-state index is 0.664. The van der Waals surface area contributed by atoms with Gasteiger partial charge in [0, 0.05) is 53.5 Å². The summed E-state index contributed by atoms with van der Waals surface area (Å²) in [4.78, 5) is 6.56. The highest BCUT2D eigenvalue weighted by Gasteiger charge is 2.20. The van der Waals surface area contributed by atoms with Gasteiger partial charge in [0.05, 0.1) is 11.2 Å². The van der Waals surface area contributed by atoms with Crippen molar-refractivity contribution in [1.29, 1.82) is 0 Å². The van der Waals surface area contributed by atoms with Gasteiger partial charge in [-0.15, -0.1) is 6.58 Å². The van der Waals surface area contributed by atoms with Crippen molar-refractivity contribution in [1.82, 2.24) is 14.9 Å². The molecule has 0 fully saturated rings. The molecule has 1 aliphatic rings. The number of rotatable bonds is 9. The van der Waals surface area contributed by atoms with Crippen molar-refractivity contribution in [3.05, 3.63) is 169 Å². The minimum absolute atomic E-state index is 0.664. The zero-order valence-electron chi connectivity index (χ0n) is 27.9. The molecular weight excluding hydrogens is 585 g/mol. The Hall–Kier alpha value is -5.87. The second-order valence-electron chi connectivity index (χ2n) is 12.5. The first kappa shape index (κ1) is 30.8. The fourth-order valence-corrected chi connectivity index (χ4v) is 7.02. The van der Waals surface area contributed by atoms with E-state index in [1.165, 1.54) is 72.2 Å². The Morgan fingerprint density at radius 2 is 1.52 bits per heavy atom. The lowest BCUT2D eigenvalue weighted by atomic mass is 9.89. The number of hydrogen-bond donors (Lipinski definition) is 1. The average molecular weight is 625 g/mol. The number of nitrogens with one attached hydrogen (secondary N) is 1. The molecule has 1 N–H and O–H groups in total. The molecule has 0 saturated heterocycles. The number of aromatic nitrogens is 2. The molecule has 7 rings (SSSR count). The number of fused-ring (bicyclic) bond motifs is 3. The molecule has 4 nitrogen and oxygen atoms in total. The van der Waals surface area contributed by atoms with Crippen LogP contribution in [0.25, 0.3) is 56.0 Å². The predicted octanol–water partition coefficient (Wildman–Crippen LogP) is 10.7. The highest BCUT2D eigenvalue weighted by molar-refractivity contribution is 5.90. The van der Waals surface area contributed by atoms with Crippen molar-refractivity contribution in [2.45, 2.75) is 27.3 Å². The largest absolute Gasteiger partial charge is 0.387 e. The Morgan fingerprint density at radius 3 is 2.19 bits per heavy atom. The van der Waals surface area contributed by atoms with Crippen LogP contribution in [0.15, 0.2) is 141 Å². The summed E-state index contributed by atoms with van der Waals surface area (Å²) >= 11 is 0. The summed E-state index contributed by atoms with van der Waals surface area (Å²) in [6.45, 7) is 20.1. The van der Waals surface area contributed by atoms with E-state index < -0.39 is 0 Å². The molecule has 4 heteroatoms. The lowest BCUT2D eigenvalue weighted by molar-refractivity contribution is 0.855. The Morgan fingerprint density at radius 1 is 0.833 bits per heavy atom.